The summed E-state index contributed by atoms with van der Waals surface area (Å²) in [5.74, 6) is 0.0877. The topological polar surface area (TPSA) is 86.5 Å². The van der Waals surface area contributed by atoms with Crippen molar-refractivity contribution in [2.24, 2.45) is 0 Å². The smallest absolute Gasteiger partial charge is 0.159 e. The third-order valence-corrected chi connectivity index (χ3v) is 1.87. The Balaban J connectivity index is 2.77. The van der Waals surface area contributed by atoms with Crippen LogP contribution in [0.25, 0.3) is 0 Å². The van der Waals surface area contributed by atoms with E-state index in [4.69, 9.17) is 10.2 Å². The van der Waals surface area contributed by atoms with Crippen LogP contribution < -0.4 is 0 Å². The molecule has 0 radical (unpaired) electrons. The highest BCUT2D eigenvalue weighted by Crippen LogP contribution is 2.13. The van der Waals surface area contributed by atoms with Crippen LogP contribution in [0.4, 0.5) is 0 Å². The molecule has 5 nitrogen and oxygen atoms in total. The molecule has 1 rings (SSSR count). The molecule has 0 fully saturated rings. The lowest BCUT2D eigenvalue weighted by Crippen LogP contribution is -2.23. The molecule has 0 amide bonds. The molecule has 1 heterocycles. The Morgan fingerprint density at radius 2 is 1.85 bits per heavy atom. The van der Waals surface area contributed by atoms with Crippen LogP contribution in [0, 0.1) is 0 Å². The van der Waals surface area contributed by atoms with E-state index in [2.05, 4.69) is 25.9 Å². The molecule has 0 saturated heterocycles. The molecule has 2 unspecified atom stereocenters. The molecule has 0 aliphatic rings. The number of hydrogen-bond donors (Lipinski definition) is 3. The molecule has 3 N–H and O–H groups in total. The van der Waals surface area contributed by atoms with Crippen LogP contribution >= 0.6 is 15.9 Å². The lowest BCUT2D eigenvalue weighted by atomic mass is 10.2. The molecule has 2 atom stereocenters. The molecule has 6 heteroatoms. The molecule has 0 spiro atoms. The predicted octanol–water partition coefficient (Wildman–Crippen LogP) is -0.374. The average molecular weight is 249 g/mol. The fourth-order valence-corrected chi connectivity index (χ4v) is 0.952. The van der Waals surface area contributed by atoms with Crippen molar-refractivity contribution in [3.63, 3.8) is 0 Å². The number of rotatable bonds is 3. The van der Waals surface area contributed by atoms with E-state index in [0.717, 1.165) is 0 Å². The fraction of sp³-hybridized carbons (Fsp3) is 0.429. The Kier molecular flexibility index (Phi) is 3.73. The zero-order valence-corrected chi connectivity index (χ0v) is 8.22. The van der Waals surface area contributed by atoms with Gasteiger partial charge in [-0.2, -0.15) is 0 Å². The first-order valence-corrected chi connectivity index (χ1v) is 4.39. The summed E-state index contributed by atoms with van der Waals surface area (Å²) in [7, 11) is 0. The largest absolute Gasteiger partial charge is 0.394 e. The highest BCUT2D eigenvalue weighted by atomic mass is 79.9. The maximum absolute atomic E-state index is 9.33. The molecule has 13 heavy (non-hydrogen) atoms. The molecule has 0 saturated carbocycles. The third kappa shape index (κ3) is 2.70. The van der Waals surface area contributed by atoms with E-state index in [0.29, 0.717) is 4.47 Å². The Labute approximate surface area is 83.2 Å². The van der Waals surface area contributed by atoms with Gasteiger partial charge < -0.3 is 15.3 Å². The quantitative estimate of drug-likeness (QED) is 0.680. The second-order valence-electron chi connectivity index (χ2n) is 2.45. The minimum Gasteiger partial charge on any atom is -0.394 e. The van der Waals surface area contributed by atoms with Gasteiger partial charge in [0.15, 0.2) is 5.82 Å². The van der Waals surface area contributed by atoms with Crippen molar-refractivity contribution in [3.8, 4) is 0 Å². The lowest BCUT2D eigenvalue weighted by molar-refractivity contribution is -0.0195. The van der Waals surface area contributed by atoms with E-state index >= 15 is 0 Å². The highest BCUT2D eigenvalue weighted by molar-refractivity contribution is 9.10. The number of hydrogen-bond acceptors (Lipinski definition) is 5. The number of aliphatic hydroxyl groups is 3. The summed E-state index contributed by atoms with van der Waals surface area (Å²) in [5.41, 5.74) is 0. The monoisotopic (exact) mass is 248 g/mol. The van der Waals surface area contributed by atoms with Crippen LogP contribution in [0.15, 0.2) is 16.9 Å². The van der Waals surface area contributed by atoms with Gasteiger partial charge in [0.1, 0.15) is 12.2 Å². The van der Waals surface area contributed by atoms with E-state index < -0.39 is 18.8 Å². The van der Waals surface area contributed by atoms with E-state index in [-0.39, 0.29) is 5.82 Å². The zero-order valence-electron chi connectivity index (χ0n) is 6.63. The van der Waals surface area contributed by atoms with Crippen LogP contribution in [0.1, 0.15) is 11.9 Å². The summed E-state index contributed by atoms with van der Waals surface area (Å²) in [4.78, 5) is 7.54. The molecule has 0 bridgehead atoms. The summed E-state index contributed by atoms with van der Waals surface area (Å²) >= 11 is 3.13. The molecule has 0 aliphatic carbocycles. The first-order valence-electron chi connectivity index (χ1n) is 3.59. The Morgan fingerprint density at radius 1 is 1.31 bits per heavy atom. The standard InChI is InChI=1S/C7H9BrN2O3/c8-4-1-9-7(10-2-4)6(13)5(12)3-11/h1-2,5-6,11-13H,3H2. The summed E-state index contributed by atoms with van der Waals surface area (Å²) in [6.07, 6.45) is 0.407. The van der Waals surface area contributed by atoms with Gasteiger partial charge in [-0.1, -0.05) is 0 Å². The summed E-state index contributed by atoms with van der Waals surface area (Å²) < 4.78 is 0.682. The molecule has 72 valence electrons. The SMILES string of the molecule is OCC(O)C(O)c1ncc(Br)cn1. The Bertz CT molecular complexity index is 267. The van der Waals surface area contributed by atoms with E-state index in [1.165, 1.54) is 12.4 Å². The number of nitrogens with zero attached hydrogens (tertiary/aromatic N) is 2. The van der Waals surface area contributed by atoms with E-state index in [9.17, 15) is 5.11 Å². The van der Waals surface area contributed by atoms with Gasteiger partial charge >= 0.3 is 0 Å². The summed E-state index contributed by atoms with van der Waals surface area (Å²) in [5, 5.41) is 26.9. The zero-order chi connectivity index (χ0) is 9.84. The predicted molar refractivity (Wildman–Crippen MR) is 47.8 cm³/mol. The van der Waals surface area contributed by atoms with Crippen molar-refractivity contribution in [2.75, 3.05) is 6.61 Å². The van der Waals surface area contributed by atoms with Crippen molar-refractivity contribution >= 4 is 15.9 Å². The maximum Gasteiger partial charge on any atom is 0.159 e. The van der Waals surface area contributed by atoms with Crippen molar-refractivity contribution in [1.29, 1.82) is 0 Å². The summed E-state index contributed by atoms with van der Waals surface area (Å²) in [6, 6.07) is 0. The van der Waals surface area contributed by atoms with Crippen molar-refractivity contribution in [1.82, 2.24) is 9.97 Å². The molecule has 0 aliphatic heterocycles. The minimum atomic E-state index is -1.25. The van der Waals surface area contributed by atoms with Crippen molar-refractivity contribution in [2.45, 2.75) is 12.2 Å². The van der Waals surface area contributed by atoms with Crippen LogP contribution in [-0.4, -0.2) is 38.0 Å². The van der Waals surface area contributed by atoms with Gasteiger partial charge in [-0.05, 0) is 15.9 Å². The fourth-order valence-electron chi connectivity index (χ4n) is 0.747. The van der Waals surface area contributed by atoms with Gasteiger partial charge in [-0.3, -0.25) is 0 Å². The van der Waals surface area contributed by atoms with Gasteiger partial charge in [0.2, 0.25) is 0 Å². The van der Waals surface area contributed by atoms with Gasteiger partial charge in [0, 0.05) is 12.4 Å². The normalized spacial score (nSPS) is 15.4. The summed E-state index contributed by atoms with van der Waals surface area (Å²) in [6.45, 7) is -0.527. The Hall–Kier alpha value is -0.560. The number of halogens is 1. The number of aliphatic hydroxyl groups excluding tert-OH is 3. The minimum absolute atomic E-state index is 0.0877. The van der Waals surface area contributed by atoms with Crippen LogP contribution in [0.3, 0.4) is 0 Å². The highest BCUT2D eigenvalue weighted by Gasteiger charge is 2.19. The molecular formula is C7H9BrN2O3. The van der Waals surface area contributed by atoms with Gasteiger partial charge in [0.25, 0.3) is 0 Å². The Morgan fingerprint density at radius 3 is 2.31 bits per heavy atom. The molecular weight excluding hydrogens is 240 g/mol. The van der Waals surface area contributed by atoms with E-state index in [1.807, 2.05) is 0 Å². The van der Waals surface area contributed by atoms with Crippen molar-refractivity contribution < 1.29 is 15.3 Å². The van der Waals surface area contributed by atoms with Gasteiger partial charge in [-0.25, -0.2) is 9.97 Å². The molecule has 1 aromatic heterocycles. The maximum atomic E-state index is 9.33. The lowest BCUT2D eigenvalue weighted by Gasteiger charge is -2.13. The van der Waals surface area contributed by atoms with Crippen LogP contribution in [0.2, 0.25) is 0 Å². The van der Waals surface area contributed by atoms with E-state index in [1.54, 1.807) is 0 Å². The molecule has 0 aromatic carbocycles. The molecule has 1 aromatic rings. The van der Waals surface area contributed by atoms with Crippen molar-refractivity contribution in [3.05, 3.63) is 22.7 Å². The van der Waals surface area contributed by atoms with Gasteiger partial charge in [0.05, 0.1) is 11.1 Å². The van der Waals surface area contributed by atoms with Crippen LogP contribution in [-0.2, 0) is 0 Å². The van der Waals surface area contributed by atoms with Crippen LogP contribution in [0.5, 0.6) is 0 Å². The average Bonchev–Trinajstić information content (AvgIpc) is 2.17. The number of aromatic nitrogens is 2. The third-order valence-electron chi connectivity index (χ3n) is 1.46. The first-order chi connectivity index (χ1) is 6.15. The second kappa shape index (κ2) is 4.61. The first kappa shape index (κ1) is 10.5. The second-order valence-corrected chi connectivity index (χ2v) is 3.37. The van der Waals surface area contributed by atoms with Gasteiger partial charge in [-0.15, -0.1) is 0 Å².